The van der Waals surface area contributed by atoms with E-state index in [-0.39, 0.29) is 14.7 Å². The van der Waals surface area contributed by atoms with Crippen LogP contribution in [0.5, 0.6) is 0 Å². The number of halogens is 1. The van der Waals surface area contributed by atoms with Gasteiger partial charge in [-0.15, -0.1) is 0 Å². The number of thioether (sulfide) groups is 1. The molecule has 1 saturated heterocycles. The van der Waals surface area contributed by atoms with Crippen molar-refractivity contribution < 1.29 is 8.42 Å². The Morgan fingerprint density at radius 2 is 2.26 bits per heavy atom. The largest absolute Gasteiger partial charge is 0.398 e. The minimum Gasteiger partial charge on any atom is -0.398 e. The molecule has 1 atom stereocenters. The molecule has 0 amide bonds. The van der Waals surface area contributed by atoms with E-state index in [0.717, 1.165) is 18.6 Å². The molecule has 1 aromatic carbocycles. The van der Waals surface area contributed by atoms with E-state index in [4.69, 9.17) is 17.3 Å². The molecule has 0 bridgehead atoms. The Labute approximate surface area is 123 Å². The fraction of sp³-hybridized carbons (Fsp3) is 0.500. The van der Waals surface area contributed by atoms with Crippen LogP contribution in [-0.2, 0) is 10.0 Å². The van der Waals surface area contributed by atoms with Gasteiger partial charge in [-0.25, -0.2) is 13.1 Å². The third-order valence-corrected chi connectivity index (χ3v) is 6.48. The molecular weight excluding hydrogens is 304 g/mol. The molecule has 0 aromatic heterocycles. The maximum absolute atomic E-state index is 12.2. The molecule has 19 heavy (non-hydrogen) atoms. The lowest BCUT2D eigenvalue weighted by Crippen LogP contribution is -2.36. The van der Waals surface area contributed by atoms with Gasteiger partial charge in [0.1, 0.15) is 0 Å². The second-order valence-electron chi connectivity index (χ2n) is 4.91. The third kappa shape index (κ3) is 3.56. The number of nitrogens with two attached hydrogens (primary N) is 1. The highest BCUT2D eigenvalue weighted by Gasteiger charge is 2.31. The Balaban J connectivity index is 2.11. The van der Waals surface area contributed by atoms with Gasteiger partial charge in [0.05, 0.1) is 15.6 Å². The van der Waals surface area contributed by atoms with Crippen LogP contribution in [-0.4, -0.2) is 25.5 Å². The lowest BCUT2D eigenvalue weighted by atomic mass is 10.1. The van der Waals surface area contributed by atoms with Crippen LogP contribution in [0.2, 0.25) is 5.02 Å². The van der Waals surface area contributed by atoms with Gasteiger partial charge in [-0.05, 0) is 43.7 Å². The van der Waals surface area contributed by atoms with Crippen LogP contribution in [0, 0.1) is 0 Å². The summed E-state index contributed by atoms with van der Waals surface area (Å²) in [6.07, 6.45) is 2.17. The normalized spacial score (nSPS) is 23.7. The highest BCUT2D eigenvalue weighted by atomic mass is 35.5. The second-order valence-corrected chi connectivity index (χ2v) is 8.77. The van der Waals surface area contributed by atoms with Gasteiger partial charge in [0.25, 0.3) is 0 Å². The Morgan fingerprint density at radius 1 is 1.53 bits per heavy atom. The fourth-order valence-electron chi connectivity index (χ4n) is 1.98. The summed E-state index contributed by atoms with van der Waals surface area (Å²) in [6.45, 7) is 2.52. The molecule has 0 aliphatic carbocycles. The summed E-state index contributed by atoms with van der Waals surface area (Å²) >= 11 is 7.67. The van der Waals surface area contributed by atoms with Gasteiger partial charge in [-0.1, -0.05) is 11.6 Å². The number of nitrogen functional groups attached to an aromatic ring is 1. The summed E-state index contributed by atoms with van der Waals surface area (Å²) in [6, 6.07) is 4.35. The number of nitrogens with one attached hydrogen (secondary N) is 1. The quantitative estimate of drug-likeness (QED) is 0.836. The van der Waals surface area contributed by atoms with Gasteiger partial charge in [0, 0.05) is 11.3 Å². The van der Waals surface area contributed by atoms with Gasteiger partial charge in [0.15, 0.2) is 0 Å². The molecule has 1 fully saturated rings. The molecule has 0 saturated carbocycles. The zero-order valence-electron chi connectivity index (χ0n) is 10.6. The van der Waals surface area contributed by atoms with Gasteiger partial charge in [-0.3, -0.25) is 0 Å². The average molecular weight is 321 g/mol. The number of sulfonamides is 1. The Kier molecular flexibility index (Phi) is 4.35. The lowest BCUT2D eigenvalue weighted by molar-refractivity contribution is 0.552. The third-order valence-electron chi connectivity index (χ3n) is 3.22. The van der Waals surface area contributed by atoms with Crippen molar-refractivity contribution in [3.8, 4) is 0 Å². The standard InChI is InChI=1S/C12H17ClN2O2S2/c1-12(5-2-6-18-12)8-15-19(16,17)9-3-4-11(14)10(13)7-9/h3-4,7,15H,2,5-6,8,14H2,1H3. The molecule has 1 aliphatic rings. The van der Waals surface area contributed by atoms with E-state index >= 15 is 0 Å². The summed E-state index contributed by atoms with van der Waals surface area (Å²) in [5.41, 5.74) is 5.95. The Morgan fingerprint density at radius 3 is 2.84 bits per heavy atom. The van der Waals surface area contributed by atoms with E-state index in [2.05, 4.69) is 11.6 Å². The van der Waals surface area contributed by atoms with Crippen molar-refractivity contribution in [2.75, 3.05) is 18.0 Å². The molecule has 106 valence electrons. The van der Waals surface area contributed by atoms with E-state index in [1.807, 2.05) is 11.8 Å². The second kappa shape index (κ2) is 5.52. The van der Waals surface area contributed by atoms with Gasteiger partial charge in [0.2, 0.25) is 10.0 Å². The van der Waals surface area contributed by atoms with Crippen molar-refractivity contribution >= 4 is 39.1 Å². The summed E-state index contributed by atoms with van der Waals surface area (Å²) < 4.78 is 27.0. The van der Waals surface area contributed by atoms with Crippen molar-refractivity contribution in [3.63, 3.8) is 0 Å². The number of rotatable bonds is 4. The van der Waals surface area contributed by atoms with Gasteiger partial charge >= 0.3 is 0 Å². The summed E-state index contributed by atoms with van der Waals surface area (Å²) in [5.74, 6) is 1.09. The van der Waals surface area contributed by atoms with Crippen LogP contribution in [0.25, 0.3) is 0 Å². The Bertz CT molecular complexity index is 569. The first-order valence-electron chi connectivity index (χ1n) is 6.01. The molecule has 4 nitrogen and oxygen atoms in total. The number of hydrogen-bond donors (Lipinski definition) is 2. The maximum atomic E-state index is 12.2. The lowest BCUT2D eigenvalue weighted by Gasteiger charge is -2.22. The number of benzene rings is 1. The van der Waals surface area contributed by atoms with Crippen LogP contribution < -0.4 is 10.5 Å². The first-order chi connectivity index (χ1) is 8.82. The predicted molar refractivity (Wildman–Crippen MR) is 81.1 cm³/mol. The minimum absolute atomic E-state index is 0.00925. The van der Waals surface area contributed by atoms with E-state index in [9.17, 15) is 8.42 Å². The molecule has 1 unspecified atom stereocenters. The zero-order chi connectivity index (χ0) is 14.1. The summed E-state index contributed by atoms with van der Waals surface area (Å²) in [4.78, 5) is 0.151. The zero-order valence-corrected chi connectivity index (χ0v) is 13.0. The molecule has 0 radical (unpaired) electrons. The first-order valence-corrected chi connectivity index (χ1v) is 8.86. The van der Waals surface area contributed by atoms with E-state index in [1.165, 1.54) is 18.2 Å². The average Bonchev–Trinajstić information content (AvgIpc) is 2.78. The van der Waals surface area contributed by atoms with Crippen LogP contribution in [0.15, 0.2) is 23.1 Å². The summed E-state index contributed by atoms with van der Waals surface area (Å²) in [7, 11) is -3.53. The highest BCUT2D eigenvalue weighted by molar-refractivity contribution is 8.01. The van der Waals surface area contributed by atoms with E-state index in [1.54, 1.807) is 0 Å². The van der Waals surface area contributed by atoms with Gasteiger partial charge < -0.3 is 5.73 Å². The predicted octanol–water partition coefficient (Wildman–Crippen LogP) is 2.49. The molecule has 0 spiro atoms. The molecule has 1 aromatic rings. The summed E-state index contributed by atoms with van der Waals surface area (Å²) in [5, 5.41) is 0.254. The van der Waals surface area contributed by atoms with Crippen molar-refractivity contribution in [2.45, 2.75) is 29.4 Å². The van der Waals surface area contributed by atoms with Crippen LogP contribution >= 0.6 is 23.4 Å². The van der Waals surface area contributed by atoms with E-state index < -0.39 is 10.0 Å². The van der Waals surface area contributed by atoms with E-state index in [0.29, 0.717) is 12.2 Å². The van der Waals surface area contributed by atoms with Crippen LogP contribution in [0.3, 0.4) is 0 Å². The number of anilines is 1. The Hall–Kier alpha value is -0.430. The van der Waals surface area contributed by atoms with Crippen molar-refractivity contribution in [1.82, 2.24) is 4.72 Å². The smallest absolute Gasteiger partial charge is 0.240 e. The monoisotopic (exact) mass is 320 g/mol. The molecular formula is C12H17ClN2O2S2. The minimum atomic E-state index is -3.53. The van der Waals surface area contributed by atoms with Crippen molar-refractivity contribution in [1.29, 1.82) is 0 Å². The SMILES string of the molecule is CC1(CNS(=O)(=O)c2ccc(N)c(Cl)c2)CCCS1. The molecule has 2 rings (SSSR count). The van der Waals surface area contributed by atoms with Crippen LogP contribution in [0.4, 0.5) is 5.69 Å². The van der Waals surface area contributed by atoms with Crippen LogP contribution in [0.1, 0.15) is 19.8 Å². The first kappa shape index (κ1) is 15.0. The molecule has 1 aliphatic heterocycles. The molecule has 3 N–H and O–H groups in total. The molecule has 7 heteroatoms. The van der Waals surface area contributed by atoms with Gasteiger partial charge in [-0.2, -0.15) is 11.8 Å². The maximum Gasteiger partial charge on any atom is 0.240 e. The highest BCUT2D eigenvalue weighted by Crippen LogP contribution is 2.37. The molecule has 1 heterocycles. The fourth-order valence-corrected chi connectivity index (χ4v) is 4.76. The number of hydrogen-bond acceptors (Lipinski definition) is 4. The van der Waals surface area contributed by atoms with Crippen molar-refractivity contribution in [2.24, 2.45) is 0 Å². The topological polar surface area (TPSA) is 72.2 Å². The van der Waals surface area contributed by atoms with Crippen molar-refractivity contribution in [3.05, 3.63) is 23.2 Å².